The molecule has 0 bridgehead atoms. The molecule has 0 saturated heterocycles. The average Bonchev–Trinajstić information content (AvgIpc) is 2.33. The topological polar surface area (TPSA) is 103 Å². The van der Waals surface area contributed by atoms with Crippen LogP contribution in [0.3, 0.4) is 0 Å². The van der Waals surface area contributed by atoms with Gasteiger partial charge in [0, 0.05) is 0 Å². The minimum Gasteiger partial charge on any atom is -0.468 e. The normalized spacial score (nSPS) is 15.7. The van der Waals surface area contributed by atoms with Crippen LogP contribution in [0.1, 0.15) is 34.6 Å². The predicted molar refractivity (Wildman–Crippen MR) is 78.1 cm³/mol. The lowest BCUT2D eigenvalue weighted by Gasteiger charge is -2.24. The lowest BCUT2D eigenvalue weighted by atomic mass is 10.2. The number of hydrogen-bond acceptors (Lipinski definition) is 6. The molecule has 0 aromatic carbocycles. The lowest BCUT2D eigenvalue weighted by molar-refractivity contribution is -0.142. The molecule has 124 valence electrons. The fraction of sp³-hybridized carbons (Fsp3) is 0.833. The highest BCUT2D eigenvalue weighted by Crippen LogP contribution is 2.41. The SMILES string of the molecule is CCOP(=O)(CNC(=O)OC(C)(C)C)NC(C)C(=O)OC. The first-order valence-electron chi connectivity index (χ1n) is 6.59. The van der Waals surface area contributed by atoms with Gasteiger partial charge in [0.1, 0.15) is 17.9 Å². The molecule has 0 rings (SSSR count). The number of ether oxygens (including phenoxy) is 2. The molecule has 0 fully saturated rings. The number of carbonyl (C=O) groups is 2. The third kappa shape index (κ3) is 8.70. The van der Waals surface area contributed by atoms with Crippen molar-refractivity contribution in [3.8, 4) is 0 Å². The van der Waals surface area contributed by atoms with Crippen LogP contribution in [0.5, 0.6) is 0 Å². The quantitative estimate of drug-likeness (QED) is 0.544. The summed E-state index contributed by atoms with van der Waals surface area (Å²) in [4.78, 5) is 22.9. The summed E-state index contributed by atoms with van der Waals surface area (Å²) in [7, 11) is -2.20. The summed E-state index contributed by atoms with van der Waals surface area (Å²) >= 11 is 0. The molecule has 2 N–H and O–H groups in total. The summed E-state index contributed by atoms with van der Waals surface area (Å²) in [6.45, 7) is 8.45. The van der Waals surface area contributed by atoms with E-state index in [-0.39, 0.29) is 12.9 Å². The number of carbonyl (C=O) groups excluding carboxylic acids is 2. The molecule has 0 aliphatic carbocycles. The van der Waals surface area contributed by atoms with Crippen molar-refractivity contribution in [1.29, 1.82) is 0 Å². The van der Waals surface area contributed by atoms with Crippen LogP contribution in [-0.4, -0.2) is 43.7 Å². The smallest absolute Gasteiger partial charge is 0.408 e. The second kappa shape index (κ2) is 8.36. The number of amides is 1. The van der Waals surface area contributed by atoms with Crippen LogP contribution < -0.4 is 10.4 Å². The lowest BCUT2D eigenvalue weighted by Crippen LogP contribution is -2.38. The van der Waals surface area contributed by atoms with Gasteiger partial charge in [0.15, 0.2) is 0 Å². The molecule has 21 heavy (non-hydrogen) atoms. The van der Waals surface area contributed by atoms with E-state index in [1.807, 2.05) is 0 Å². The van der Waals surface area contributed by atoms with Gasteiger partial charge in [-0.1, -0.05) is 0 Å². The van der Waals surface area contributed by atoms with Crippen LogP contribution >= 0.6 is 7.52 Å². The highest BCUT2D eigenvalue weighted by Gasteiger charge is 2.29. The Balaban J connectivity index is 4.63. The van der Waals surface area contributed by atoms with Crippen LogP contribution in [0.25, 0.3) is 0 Å². The van der Waals surface area contributed by atoms with Crippen molar-refractivity contribution in [3.63, 3.8) is 0 Å². The van der Waals surface area contributed by atoms with Crippen LogP contribution in [0.4, 0.5) is 4.79 Å². The van der Waals surface area contributed by atoms with Gasteiger partial charge >= 0.3 is 12.1 Å². The highest BCUT2D eigenvalue weighted by molar-refractivity contribution is 7.56. The van der Waals surface area contributed by atoms with Crippen molar-refractivity contribution in [2.45, 2.75) is 46.3 Å². The largest absolute Gasteiger partial charge is 0.468 e. The van der Waals surface area contributed by atoms with E-state index in [2.05, 4.69) is 15.1 Å². The number of alkyl carbamates (subject to hydrolysis) is 1. The maximum absolute atomic E-state index is 12.5. The van der Waals surface area contributed by atoms with Gasteiger partial charge in [-0.05, 0) is 34.6 Å². The Bertz CT molecular complexity index is 407. The molecule has 2 unspecified atom stereocenters. The monoisotopic (exact) mass is 324 g/mol. The van der Waals surface area contributed by atoms with Gasteiger partial charge in [0.05, 0.1) is 13.7 Å². The van der Waals surface area contributed by atoms with Crippen LogP contribution in [0.15, 0.2) is 0 Å². The van der Waals surface area contributed by atoms with Crippen LogP contribution in [0.2, 0.25) is 0 Å². The zero-order chi connectivity index (χ0) is 16.7. The highest BCUT2D eigenvalue weighted by atomic mass is 31.2. The summed E-state index contributed by atoms with van der Waals surface area (Å²) in [5.41, 5.74) is -0.660. The first-order valence-corrected chi connectivity index (χ1v) is 8.40. The Morgan fingerprint density at radius 3 is 2.29 bits per heavy atom. The van der Waals surface area contributed by atoms with Gasteiger partial charge in [-0.2, -0.15) is 0 Å². The zero-order valence-electron chi connectivity index (χ0n) is 13.4. The summed E-state index contributed by atoms with van der Waals surface area (Å²) in [5, 5.41) is 4.91. The molecule has 2 atom stereocenters. The Labute approximate surface area is 125 Å². The third-order valence-electron chi connectivity index (χ3n) is 2.11. The summed E-state index contributed by atoms with van der Waals surface area (Å²) in [5.74, 6) is -0.577. The van der Waals surface area contributed by atoms with E-state index in [9.17, 15) is 14.2 Å². The fourth-order valence-corrected chi connectivity index (χ4v) is 3.05. The first kappa shape index (κ1) is 19.9. The van der Waals surface area contributed by atoms with E-state index in [1.54, 1.807) is 27.7 Å². The van der Waals surface area contributed by atoms with Crippen molar-refractivity contribution in [3.05, 3.63) is 0 Å². The van der Waals surface area contributed by atoms with Gasteiger partial charge in [0.25, 0.3) is 7.52 Å². The molecule has 0 spiro atoms. The number of hydrogen-bond donors (Lipinski definition) is 2. The Morgan fingerprint density at radius 2 is 1.86 bits per heavy atom. The molecule has 8 nitrogen and oxygen atoms in total. The number of methoxy groups -OCH3 is 1. The zero-order valence-corrected chi connectivity index (χ0v) is 14.3. The van der Waals surface area contributed by atoms with E-state index in [4.69, 9.17) is 9.26 Å². The van der Waals surface area contributed by atoms with Crippen molar-refractivity contribution < 1.29 is 28.2 Å². The molecular weight excluding hydrogens is 299 g/mol. The Morgan fingerprint density at radius 1 is 1.29 bits per heavy atom. The summed E-state index contributed by atoms with van der Waals surface area (Å²) in [6.07, 6.45) is -1.01. The Kier molecular flexibility index (Phi) is 7.92. The minimum absolute atomic E-state index is 0.161. The second-order valence-electron chi connectivity index (χ2n) is 5.30. The molecule has 0 aromatic heterocycles. The standard InChI is InChI=1S/C12H25N2O6P/c1-7-19-21(17,14-9(2)10(15)18-6)8-13-11(16)20-12(3,4)5/h9H,7-8H2,1-6H3,(H,13,16)(H,14,17). The van der Waals surface area contributed by atoms with Gasteiger partial charge in [-0.15, -0.1) is 0 Å². The van der Waals surface area contributed by atoms with Crippen LogP contribution in [-0.2, 0) is 23.4 Å². The number of nitrogens with one attached hydrogen (secondary N) is 2. The van der Waals surface area contributed by atoms with Crippen LogP contribution in [0, 0.1) is 0 Å². The molecule has 9 heteroatoms. The first-order chi connectivity index (χ1) is 9.53. The summed E-state index contributed by atoms with van der Waals surface area (Å²) in [6, 6.07) is -0.826. The molecule has 0 radical (unpaired) electrons. The molecule has 1 amide bonds. The molecular formula is C12H25N2O6P. The van der Waals surface area contributed by atoms with Gasteiger partial charge in [-0.25, -0.2) is 9.88 Å². The van der Waals surface area contributed by atoms with Gasteiger partial charge < -0.3 is 19.3 Å². The number of rotatable bonds is 7. The predicted octanol–water partition coefficient (Wildman–Crippen LogP) is 1.85. The van der Waals surface area contributed by atoms with Gasteiger partial charge in [0.2, 0.25) is 0 Å². The second-order valence-corrected chi connectivity index (χ2v) is 7.48. The van der Waals surface area contributed by atoms with E-state index < -0.39 is 31.2 Å². The van der Waals surface area contributed by atoms with E-state index in [0.29, 0.717) is 0 Å². The van der Waals surface area contributed by atoms with Crippen molar-refractivity contribution in [2.24, 2.45) is 0 Å². The fourth-order valence-electron chi connectivity index (χ4n) is 1.34. The molecule has 0 heterocycles. The average molecular weight is 324 g/mol. The van der Waals surface area contributed by atoms with Crippen molar-refractivity contribution >= 4 is 19.6 Å². The molecule has 0 aromatic rings. The minimum atomic E-state index is -3.42. The third-order valence-corrected chi connectivity index (χ3v) is 4.14. The maximum Gasteiger partial charge on any atom is 0.408 e. The molecule has 0 aliphatic heterocycles. The van der Waals surface area contributed by atoms with Crippen molar-refractivity contribution in [1.82, 2.24) is 10.4 Å². The van der Waals surface area contributed by atoms with E-state index >= 15 is 0 Å². The maximum atomic E-state index is 12.5. The molecule has 0 saturated carbocycles. The summed E-state index contributed by atoms with van der Waals surface area (Å²) < 4.78 is 27.2. The molecule has 0 aliphatic rings. The van der Waals surface area contributed by atoms with E-state index in [0.717, 1.165) is 0 Å². The van der Waals surface area contributed by atoms with Gasteiger partial charge in [-0.3, -0.25) is 9.36 Å². The van der Waals surface area contributed by atoms with Crippen molar-refractivity contribution in [2.75, 3.05) is 20.0 Å². The Hall–Kier alpha value is -1.11. The number of esters is 1. The van der Waals surface area contributed by atoms with E-state index in [1.165, 1.54) is 14.0 Å².